The highest BCUT2D eigenvalue weighted by atomic mass is 16.5. The molecule has 1 unspecified atom stereocenters. The molecule has 0 saturated carbocycles. The number of rotatable bonds is 3. The summed E-state index contributed by atoms with van der Waals surface area (Å²) in [5.74, 6) is -1.65. The zero-order valence-electron chi connectivity index (χ0n) is 7.90. The summed E-state index contributed by atoms with van der Waals surface area (Å²) < 4.78 is 4.53. The molecule has 0 spiro atoms. The Bertz CT molecular complexity index is 358. The maximum atomic E-state index is 11.2. The van der Waals surface area contributed by atoms with E-state index in [-0.39, 0.29) is 5.56 Å². The van der Waals surface area contributed by atoms with Crippen molar-refractivity contribution < 1.29 is 14.3 Å². The fourth-order valence-corrected chi connectivity index (χ4v) is 1.12. The molecule has 0 aliphatic rings. The number of carbonyl (C=O) groups excluding carboxylic acids is 2. The second kappa shape index (κ2) is 3.91. The van der Waals surface area contributed by atoms with Gasteiger partial charge in [0.2, 0.25) is 0 Å². The minimum atomic E-state index is -0.621. The quantitative estimate of drug-likeness (QED) is 0.654. The zero-order chi connectivity index (χ0) is 10.7. The number of nitrogens with zero attached hydrogens (tertiary/aromatic N) is 1. The predicted octanol–water partition coefficient (Wildman–Crippen LogP) is -0.215. The van der Waals surface area contributed by atoms with Crippen molar-refractivity contribution >= 4 is 11.9 Å². The lowest BCUT2D eigenvalue weighted by molar-refractivity contribution is -0.142. The van der Waals surface area contributed by atoms with E-state index in [1.807, 2.05) is 0 Å². The summed E-state index contributed by atoms with van der Waals surface area (Å²) in [5.41, 5.74) is 5.68. The van der Waals surface area contributed by atoms with Gasteiger partial charge in [-0.05, 0) is 6.92 Å². The van der Waals surface area contributed by atoms with Crippen LogP contribution in [-0.4, -0.2) is 29.2 Å². The third-order valence-corrected chi connectivity index (χ3v) is 1.92. The summed E-state index contributed by atoms with van der Waals surface area (Å²) in [6, 6.07) is 0. The smallest absolute Gasteiger partial charge is 0.314 e. The first kappa shape index (κ1) is 10.2. The van der Waals surface area contributed by atoms with Gasteiger partial charge in [-0.3, -0.25) is 14.7 Å². The molecule has 3 N–H and O–H groups in total. The number of amides is 1. The Morgan fingerprint density at radius 1 is 1.64 bits per heavy atom. The molecule has 1 amide bonds. The third-order valence-electron chi connectivity index (χ3n) is 1.92. The van der Waals surface area contributed by atoms with Gasteiger partial charge in [-0.25, -0.2) is 0 Å². The third kappa shape index (κ3) is 1.73. The van der Waals surface area contributed by atoms with Crippen LogP contribution in [-0.2, 0) is 9.53 Å². The minimum Gasteiger partial charge on any atom is -0.469 e. The fourth-order valence-electron chi connectivity index (χ4n) is 1.12. The van der Waals surface area contributed by atoms with Crippen LogP contribution in [0.2, 0.25) is 0 Å². The van der Waals surface area contributed by atoms with Gasteiger partial charge >= 0.3 is 5.97 Å². The molecule has 14 heavy (non-hydrogen) atoms. The first-order valence-electron chi connectivity index (χ1n) is 3.98. The Hall–Kier alpha value is -1.85. The van der Waals surface area contributed by atoms with E-state index in [1.165, 1.54) is 13.3 Å². The molecule has 76 valence electrons. The Balaban J connectivity index is 3.00. The minimum absolute atomic E-state index is 0.211. The Morgan fingerprint density at radius 3 is 2.79 bits per heavy atom. The van der Waals surface area contributed by atoms with Crippen molar-refractivity contribution in [3.63, 3.8) is 0 Å². The summed E-state index contributed by atoms with van der Waals surface area (Å²) >= 11 is 0. The highest BCUT2D eigenvalue weighted by molar-refractivity contribution is 5.95. The molecule has 0 saturated heterocycles. The number of primary amides is 1. The van der Waals surface area contributed by atoms with Crippen LogP contribution >= 0.6 is 0 Å². The van der Waals surface area contributed by atoms with Gasteiger partial charge < -0.3 is 10.5 Å². The summed E-state index contributed by atoms with van der Waals surface area (Å²) in [7, 11) is 1.28. The van der Waals surface area contributed by atoms with Gasteiger partial charge in [-0.1, -0.05) is 0 Å². The number of nitrogens with one attached hydrogen (secondary N) is 1. The number of esters is 1. The molecule has 1 aromatic heterocycles. The van der Waals surface area contributed by atoms with Crippen LogP contribution in [0, 0.1) is 0 Å². The predicted molar refractivity (Wildman–Crippen MR) is 47.5 cm³/mol. The van der Waals surface area contributed by atoms with Crippen LogP contribution in [0.3, 0.4) is 0 Å². The number of H-pyrrole nitrogens is 1. The molecule has 1 rings (SSSR count). The van der Waals surface area contributed by atoms with Crippen molar-refractivity contribution in [3.8, 4) is 0 Å². The summed E-state index contributed by atoms with van der Waals surface area (Å²) in [5, 5.41) is 6.20. The molecule has 0 bridgehead atoms. The number of hydrogen-bond donors (Lipinski definition) is 2. The molecule has 0 aliphatic carbocycles. The molecule has 0 radical (unpaired) electrons. The number of aromatic amines is 1. The van der Waals surface area contributed by atoms with Crippen LogP contribution in [0.15, 0.2) is 6.20 Å². The second-order valence-corrected chi connectivity index (χ2v) is 2.81. The molecule has 0 aliphatic heterocycles. The standard InChI is InChI=1S/C8H11N3O3/c1-4(8(13)14-2)6-5(7(9)12)3-10-11-6/h3-4H,1-2H3,(H2,9,12)(H,10,11). The van der Waals surface area contributed by atoms with Crippen molar-refractivity contribution in [3.05, 3.63) is 17.5 Å². The summed E-state index contributed by atoms with van der Waals surface area (Å²) in [6.45, 7) is 1.60. The van der Waals surface area contributed by atoms with E-state index in [1.54, 1.807) is 6.92 Å². The fraction of sp³-hybridized carbons (Fsp3) is 0.375. The average molecular weight is 197 g/mol. The Morgan fingerprint density at radius 2 is 2.29 bits per heavy atom. The maximum Gasteiger partial charge on any atom is 0.314 e. The number of carbonyl (C=O) groups is 2. The van der Waals surface area contributed by atoms with E-state index in [4.69, 9.17) is 5.73 Å². The Labute approximate surface area is 80.4 Å². The van der Waals surface area contributed by atoms with Gasteiger partial charge in [0.1, 0.15) is 0 Å². The van der Waals surface area contributed by atoms with Crippen molar-refractivity contribution in [2.75, 3.05) is 7.11 Å². The lowest BCUT2D eigenvalue weighted by Crippen LogP contribution is -2.18. The lowest BCUT2D eigenvalue weighted by Gasteiger charge is -2.07. The van der Waals surface area contributed by atoms with Crippen LogP contribution in [0.1, 0.15) is 28.9 Å². The monoisotopic (exact) mass is 197 g/mol. The molecule has 1 atom stereocenters. The summed E-state index contributed by atoms with van der Waals surface area (Å²) in [4.78, 5) is 22.1. The highest BCUT2D eigenvalue weighted by Gasteiger charge is 2.22. The van der Waals surface area contributed by atoms with Crippen molar-refractivity contribution in [2.24, 2.45) is 5.73 Å². The largest absolute Gasteiger partial charge is 0.469 e. The molecule has 6 nitrogen and oxygen atoms in total. The van der Waals surface area contributed by atoms with Gasteiger partial charge in [-0.15, -0.1) is 0 Å². The highest BCUT2D eigenvalue weighted by Crippen LogP contribution is 2.17. The van der Waals surface area contributed by atoms with Crippen LogP contribution in [0.25, 0.3) is 0 Å². The molecule has 1 heterocycles. The van der Waals surface area contributed by atoms with Crippen molar-refractivity contribution in [2.45, 2.75) is 12.8 Å². The number of hydrogen-bond acceptors (Lipinski definition) is 4. The first-order chi connectivity index (χ1) is 6.57. The first-order valence-corrected chi connectivity index (χ1v) is 3.98. The molecular weight excluding hydrogens is 186 g/mol. The van der Waals surface area contributed by atoms with E-state index in [0.717, 1.165) is 0 Å². The van der Waals surface area contributed by atoms with Crippen LogP contribution < -0.4 is 5.73 Å². The molecule has 1 aromatic rings. The van der Waals surface area contributed by atoms with E-state index in [9.17, 15) is 9.59 Å². The SMILES string of the molecule is COC(=O)C(C)c1[nH]ncc1C(N)=O. The van der Waals surface area contributed by atoms with Crippen molar-refractivity contribution in [1.29, 1.82) is 0 Å². The van der Waals surface area contributed by atoms with E-state index >= 15 is 0 Å². The Kier molecular flexibility index (Phi) is 2.85. The van der Waals surface area contributed by atoms with Crippen LogP contribution in [0.4, 0.5) is 0 Å². The van der Waals surface area contributed by atoms with Crippen LogP contribution in [0.5, 0.6) is 0 Å². The van der Waals surface area contributed by atoms with Gasteiger partial charge in [0.25, 0.3) is 5.91 Å². The zero-order valence-corrected chi connectivity index (χ0v) is 7.90. The normalized spacial score (nSPS) is 12.1. The maximum absolute atomic E-state index is 11.2. The van der Waals surface area contributed by atoms with Gasteiger partial charge in [-0.2, -0.15) is 5.10 Å². The van der Waals surface area contributed by atoms with E-state index in [0.29, 0.717) is 5.69 Å². The molecule has 0 fully saturated rings. The van der Waals surface area contributed by atoms with Crippen molar-refractivity contribution in [1.82, 2.24) is 10.2 Å². The topological polar surface area (TPSA) is 98.1 Å². The van der Waals surface area contributed by atoms with Gasteiger partial charge in [0.15, 0.2) is 0 Å². The number of nitrogens with two attached hydrogens (primary N) is 1. The number of aromatic nitrogens is 2. The van der Waals surface area contributed by atoms with Gasteiger partial charge in [0, 0.05) is 0 Å². The molecule has 0 aromatic carbocycles. The summed E-state index contributed by atoms with van der Waals surface area (Å²) in [6.07, 6.45) is 1.29. The molecule has 6 heteroatoms. The van der Waals surface area contributed by atoms with E-state index in [2.05, 4.69) is 14.9 Å². The van der Waals surface area contributed by atoms with E-state index < -0.39 is 17.8 Å². The average Bonchev–Trinajstić information content (AvgIpc) is 2.63. The number of methoxy groups -OCH3 is 1. The lowest BCUT2D eigenvalue weighted by atomic mass is 10.0. The number of ether oxygens (including phenoxy) is 1. The van der Waals surface area contributed by atoms with Gasteiger partial charge in [0.05, 0.1) is 30.5 Å². The second-order valence-electron chi connectivity index (χ2n) is 2.81. The molecular formula is C8H11N3O3.